The van der Waals surface area contributed by atoms with Gasteiger partial charge in [-0.1, -0.05) is 6.07 Å². The summed E-state index contributed by atoms with van der Waals surface area (Å²) in [6.07, 6.45) is -4.47. The number of alkyl halides is 3. The second-order valence-electron chi connectivity index (χ2n) is 3.86. The zero-order valence-corrected chi connectivity index (χ0v) is 9.25. The Balaban J connectivity index is 2.72. The Labute approximate surface area is 99.9 Å². The molecule has 0 saturated carbocycles. The maximum atomic E-state index is 12.5. The van der Waals surface area contributed by atoms with Crippen molar-refractivity contribution in [1.82, 2.24) is 4.98 Å². The van der Waals surface area contributed by atoms with E-state index in [1.165, 1.54) is 12.1 Å². The van der Waals surface area contributed by atoms with Gasteiger partial charge in [0.05, 0.1) is 11.1 Å². The molecule has 1 heterocycles. The van der Waals surface area contributed by atoms with E-state index < -0.39 is 17.7 Å². The van der Waals surface area contributed by atoms with Gasteiger partial charge in [-0.15, -0.1) is 0 Å². The topological polar surface area (TPSA) is 50.2 Å². The highest BCUT2D eigenvalue weighted by molar-refractivity contribution is 5.91. The van der Waals surface area contributed by atoms with Gasteiger partial charge in [-0.25, -0.2) is 9.78 Å². The summed E-state index contributed by atoms with van der Waals surface area (Å²) >= 11 is 0. The van der Waals surface area contributed by atoms with Crippen molar-refractivity contribution < 1.29 is 23.1 Å². The number of hydrogen-bond acceptors (Lipinski definition) is 2. The summed E-state index contributed by atoms with van der Waals surface area (Å²) in [5.74, 6) is -1.27. The fourth-order valence-electron chi connectivity index (χ4n) is 1.69. The molecule has 0 bridgehead atoms. The number of nitrogens with zero attached hydrogens (tertiary/aromatic N) is 1. The molecule has 0 aliphatic carbocycles. The van der Waals surface area contributed by atoms with Gasteiger partial charge in [-0.3, -0.25) is 0 Å². The molecule has 0 atom stereocenters. The third-order valence-electron chi connectivity index (χ3n) is 2.56. The SMILES string of the molecule is Cc1cc(C(=O)O)nc2cc(C(F)(F)F)ccc12. The van der Waals surface area contributed by atoms with Crippen LogP contribution in [0.3, 0.4) is 0 Å². The number of aromatic nitrogens is 1. The second kappa shape index (κ2) is 3.97. The van der Waals surface area contributed by atoms with Crippen molar-refractivity contribution in [1.29, 1.82) is 0 Å². The predicted octanol–water partition coefficient (Wildman–Crippen LogP) is 3.26. The highest BCUT2D eigenvalue weighted by Crippen LogP contribution is 2.31. The first-order valence-electron chi connectivity index (χ1n) is 5.01. The molecular weight excluding hydrogens is 247 g/mol. The zero-order chi connectivity index (χ0) is 13.5. The van der Waals surface area contributed by atoms with E-state index in [-0.39, 0.29) is 11.2 Å². The van der Waals surface area contributed by atoms with Gasteiger partial charge >= 0.3 is 12.1 Å². The van der Waals surface area contributed by atoms with Crippen LogP contribution in [0.2, 0.25) is 0 Å². The van der Waals surface area contributed by atoms with Crippen molar-refractivity contribution in [3.05, 3.63) is 41.1 Å². The van der Waals surface area contributed by atoms with Gasteiger partial charge in [0.15, 0.2) is 0 Å². The van der Waals surface area contributed by atoms with E-state index >= 15 is 0 Å². The van der Waals surface area contributed by atoms with Crippen LogP contribution in [-0.4, -0.2) is 16.1 Å². The molecule has 94 valence electrons. The lowest BCUT2D eigenvalue weighted by Gasteiger charge is -2.09. The number of rotatable bonds is 1. The number of carboxylic acid groups (broad SMARTS) is 1. The van der Waals surface area contributed by atoms with Crippen LogP contribution < -0.4 is 0 Å². The van der Waals surface area contributed by atoms with E-state index in [1.54, 1.807) is 6.92 Å². The van der Waals surface area contributed by atoms with Crippen molar-refractivity contribution in [2.75, 3.05) is 0 Å². The molecular formula is C12H8F3NO2. The summed E-state index contributed by atoms with van der Waals surface area (Å²) in [5, 5.41) is 9.32. The first-order valence-corrected chi connectivity index (χ1v) is 5.01. The number of benzene rings is 1. The van der Waals surface area contributed by atoms with E-state index in [4.69, 9.17) is 5.11 Å². The number of carboxylic acids is 1. The highest BCUT2D eigenvalue weighted by Gasteiger charge is 2.30. The lowest BCUT2D eigenvalue weighted by atomic mass is 10.1. The standard InChI is InChI=1S/C12H8F3NO2/c1-6-4-10(11(17)18)16-9-5-7(12(13,14)15)2-3-8(6)9/h2-5H,1H3,(H,17,18). The van der Waals surface area contributed by atoms with E-state index in [0.717, 1.165) is 12.1 Å². The first-order chi connectivity index (χ1) is 8.29. The van der Waals surface area contributed by atoms with Gasteiger partial charge in [0.2, 0.25) is 0 Å². The average molecular weight is 255 g/mol. The molecule has 18 heavy (non-hydrogen) atoms. The van der Waals surface area contributed by atoms with Crippen LogP contribution in [0.4, 0.5) is 13.2 Å². The largest absolute Gasteiger partial charge is 0.477 e. The molecule has 0 saturated heterocycles. The Morgan fingerprint density at radius 3 is 2.50 bits per heavy atom. The molecule has 0 aliphatic heterocycles. The smallest absolute Gasteiger partial charge is 0.416 e. The molecule has 2 aromatic rings. The molecule has 0 radical (unpaired) electrons. The van der Waals surface area contributed by atoms with Gasteiger partial charge in [-0.05, 0) is 30.7 Å². The van der Waals surface area contributed by atoms with Gasteiger partial charge in [0.25, 0.3) is 0 Å². The van der Waals surface area contributed by atoms with Gasteiger partial charge in [0.1, 0.15) is 5.69 Å². The van der Waals surface area contributed by atoms with E-state index in [1.807, 2.05) is 0 Å². The van der Waals surface area contributed by atoms with Crippen LogP contribution in [0.15, 0.2) is 24.3 Å². The molecule has 0 unspecified atom stereocenters. The van der Waals surface area contributed by atoms with E-state index in [2.05, 4.69) is 4.98 Å². The maximum Gasteiger partial charge on any atom is 0.416 e. The highest BCUT2D eigenvalue weighted by atomic mass is 19.4. The Kier molecular flexibility index (Phi) is 2.73. The summed E-state index contributed by atoms with van der Waals surface area (Å²) in [7, 11) is 0. The Morgan fingerprint density at radius 1 is 1.28 bits per heavy atom. The third-order valence-corrected chi connectivity index (χ3v) is 2.56. The number of fused-ring (bicyclic) bond motifs is 1. The quantitative estimate of drug-likeness (QED) is 0.850. The summed E-state index contributed by atoms with van der Waals surface area (Å²) in [4.78, 5) is 14.5. The van der Waals surface area contributed by atoms with Crippen molar-refractivity contribution in [2.24, 2.45) is 0 Å². The Bertz CT molecular complexity index is 635. The van der Waals surface area contributed by atoms with Crippen molar-refractivity contribution in [2.45, 2.75) is 13.1 Å². The fraction of sp³-hybridized carbons (Fsp3) is 0.167. The van der Waals surface area contributed by atoms with Crippen LogP contribution in [0, 0.1) is 6.92 Å². The molecule has 6 heteroatoms. The summed E-state index contributed by atoms with van der Waals surface area (Å²) in [5.41, 5.74) is -0.503. The van der Waals surface area contributed by atoms with Gasteiger partial charge in [0, 0.05) is 5.39 Å². The molecule has 1 aromatic carbocycles. The predicted molar refractivity (Wildman–Crippen MR) is 58.4 cm³/mol. The number of aromatic carboxylic acids is 1. The van der Waals surface area contributed by atoms with Gasteiger partial charge < -0.3 is 5.11 Å². The third kappa shape index (κ3) is 2.13. The minimum atomic E-state index is -4.47. The number of carbonyl (C=O) groups is 1. The summed E-state index contributed by atoms with van der Waals surface area (Å²) < 4.78 is 37.6. The number of pyridine rings is 1. The number of halogens is 3. The fourth-order valence-corrected chi connectivity index (χ4v) is 1.69. The normalized spacial score (nSPS) is 11.8. The molecule has 0 fully saturated rings. The van der Waals surface area contributed by atoms with Crippen LogP contribution in [0.5, 0.6) is 0 Å². The van der Waals surface area contributed by atoms with Crippen LogP contribution in [0.25, 0.3) is 10.9 Å². The Hall–Kier alpha value is -2.11. The lowest BCUT2D eigenvalue weighted by molar-refractivity contribution is -0.137. The average Bonchev–Trinajstić information content (AvgIpc) is 2.26. The van der Waals surface area contributed by atoms with Crippen LogP contribution in [0.1, 0.15) is 21.6 Å². The second-order valence-corrected chi connectivity index (χ2v) is 3.86. The molecule has 1 aromatic heterocycles. The monoisotopic (exact) mass is 255 g/mol. The van der Waals surface area contributed by atoms with Crippen molar-refractivity contribution in [3.8, 4) is 0 Å². The molecule has 0 amide bonds. The number of aryl methyl sites for hydroxylation is 1. The lowest BCUT2D eigenvalue weighted by Crippen LogP contribution is -2.06. The minimum Gasteiger partial charge on any atom is -0.477 e. The van der Waals surface area contributed by atoms with Gasteiger partial charge in [-0.2, -0.15) is 13.2 Å². The van der Waals surface area contributed by atoms with Crippen molar-refractivity contribution >= 4 is 16.9 Å². The van der Waals surface area contributed by atoms with Crippen molar-refractivity contribution in [3.63, 3.8) is 0 Å². The molecule has 3 nitrogen and oxygen atoms in total. The molecule has 0 aliphatic rings. The van der Waals surface area contributed by atoms with Crippen LogP contribution >= 0.6 is 0 Å². The summed E-state index contributed by atoms with van der Waals surface area (Å²) in [6.45, 7) is 1.63. The summed E-state index contributed by atoms with van der Waals surface area (Å²) in [6, 6.07) is 4.44. The maximum absolute atomic E-state index is 12.5. The van der Waals surface area contributed by atoms with E-state index in [9.17, 15) is 18.0 Å². The zero-order valence-electron chi connectivity index (χ0n) is 9.25. The Morgan fingerprint density at radius 2 is 1.94 bits per heavy atom. The molecule has 2 rings (SSSR count). The van der Waals surface area contributed by atoms with E-state index in [0.29, 0.717) is 10.9 Å². The van der Waals surface area contributed by atoms with Crippen LogP contribution in [-0.2, 0) is 6.18 Å². The minimum absolute atomic E-state index is 0.0298. The molecule has 0 spiro atoms. The molecule has 1 N–H and O–H groups in total. The number of hydrogen-bond donors (Lipinski definition) is 1. The first kappa shape index (κ1) is 12.3.